The second-order valence-electron chi connectivity index (χ2n) is 4.20. The minimum Gasteiger partial charge on any atom is -0.486 e. The Morgan fingerprint density at radius 2 is 2.00 bits per heavy atom. The fourth-order valence-corrected chi connectivity index (χ4v) is 1.98. The van der Waals surface area contributed by atoms with Crippen LogP contribution in [-0.2, 0) is 11.2 Å². The Kier molecular flexibility index (Phi) is 3.69. The summed E-state index contributed by atoms with van der Waals surface area (Å²) >= 11 is 0. The van der Waals surface area contributed by atoms with Crippen molar-refractivity contribution in [1.82, 2.24) is 0 Å². The second-order valence-corrected chi connectivity index (χ2v) is 4.20. The molecule has 1 unspecified atom stereocenters. The Balaban J connectivity index is 2.32. The SMILES string of the molecule is CC(F)c1cc2c(cc1CCC(=O)O)OCCO2. The summed E-state index contributed by atoms with van der Waals surface area (Å²) in [5.41, 5.74) is 1.14. The Hall–Kier alpha value is -1.78. The van der Waals surface area contributed by atoms with Gasteiger partial charge in [0.2, 0.25) is 0 Å². The molecule has 18 heavy (non-hydrogen) atoms. The molecule has 0 aromatic heterocycles. The lowest BCUT2D eigenvalue weighted by Crippen LogP contribution is -2.16. The molecule has 4 nitrogen and oxygen atoms in total. The summed E-state index contributed by atoms with van der Waals surface area (Å²) in [4.78, 5) is 10.6. The molecule has 1 aromatic carbocycles. The van der Waals surface area contributed by atoms with Crippen molar-refractivity contribution >= 4 is 5.97 Å². The van der Waals surface area contributed by atoms with Crippen LogP contribution in [0.5, 0.6) is 11.5 Å². The first-order valence-electron chi connectivity index (χ1n) is 5.86. The van der Waals surface area contributed by atoms with E-state index in [-0.39, 0.29) is 12.8 Å². The zero-order valence-corrected chi connectivity index (χ0v) is 10.1. The predicted octanol–water partition coefficient (Wildman–Crippen LogP) is 2.51. The molecule has 1 aromatic rings. The number of halogens is 1. The van der Waals surface area contributed by atoms with E-state index in [1.165, 1.54) is 6.92 Å². The average Bonchev–Trinajstić information content (AvgIpc) is 2.35. The summed E-state index contributed by atoms with van der Waals surface area (Å²) in [6.45, 7) is 2.33. The number of aryl methyl sites for hydroxylation is 1. The Bertz CT molecular complexity index is 457. The maximum atomic E-state index is 13.5. The quantitative estimate of drug-likeness (QED) is 0.897. The molecule has 1 atom stereocenters. The van der Waals surface area contributed by atoms with Gasteiger partial charge in [-0.05, 0) is 36.6 Å². The summed E-state index contributed by atoms with van der Waals surface area (Å²) < 4.78 is 24.3. The maximum absolute atomic E-state index is 13.5. The molecule has 0 fully saturated rings. The van der Waals surface area contributed by atoms with Crippen LogP contribution in [0.15, 0.2) is 12.1 Å². The van der Waals surface area contributed by atoms with Crippen LogP contribution in [0.2, 0.25) is 0 Å². The number of benzene rings is 1. The van der Waals surface area contributed by atoms with Gasteiger partial charge < -0.3 is 14.6 Å². The first kappa shape index (κ1) is 12.7. The molecule has 0 radical (unpaired) electrons. The van der Waals surface area contributed by atoms with Gasteiger partial charge in [-0.25, -0.2) is 4.39 Å². The Morgan fingerprint density at radius 1 is 1.39 bits per heavy atom. The van der Waals surface area contributed by atoms with Crippen LogP contribution in [0.3, 0.4) is 0 Å². The van der Waals surface area contributed by atoms with Crippen molar-refractivity contribution in [3.63, 3.8) is 0 Å². The molecule has 2 rings (SSSR count). The van der Waals surface area contributed by atoms with Gasteiger partial charge in [0.05, 0.1) is 0 Å². The van der Waals surface area contributed by atoms with Crippen molar-refractivity contribution in [2.24, 2.45) is 0 Å². The standard InChI is InChI=1S/C13H15FO4/c1-8(14)10-7-12-11(17-4-5-18-12)6-9(10)2-3-13(15)16/h6-8H,2-5H2,1H3,(H,15,16). The van der Waals surface area contributed by atoms with Gasteiger partial charge in [0, 0.05) is 6.42 Å². The van der Waals surface area contributed by atoms with Gasteiger partial charge in [-0.1, -0.05) is 0 Å². The third kappa shape index (κ3) is 2.72. The number of fused-ring (bicyclic) bond motifs is 1. The highest BCUT2D eigenvalue weighted by Gasteiger charge is 2.19. The number of carboxylic acids is 1. The first-order valence-corrected chi connectivity index (χ1v) is 5.86. The smallest absolute Gasteiger partial charge is 0.303 e. The van der Waals surface area contributed by atoms with Gasteiger partial charge in [0.25, 0.3) is 0 Å². The van der Waals surface area contributed by atoms with E-state index in [1.807, 2.05) is 0 Å². The van der Waals surface area contributed by atoms with Gasteiger partial charge in [-0.15, -0.1) is 0 Å². The number of ether oxygens (including phenoxy) is 2. The fraction of sp³-hybridized carbons (Fsp3) is 0.462. The average molecular weight is 254 g/mol. The Morgan fingerprint density at radius 3 is 2.56 bits per heavy atom. The van der Waals surface area contributed by atoms with E-state index in [2.05, 4.69) is 0 Å². The largest absolute Gasteiger partial charge is 0.486 e. The molecule has 1 N–H and O–H groups in total. The number of hydrogen-bond donors (Lipinski definition) is 1. The van der Waals surface area contributed by atoms with Crippen LogP contribution in [0.4, 0.5) is 4.39 Å². The molecule has 0 saturated heterocycles. The molecule has 0 saturated carbocycles. The van der Waals surface area contributed by atoms with Crippen molar-refractivity contribution < 1.29 is 23.8 Å². The highest BCUT2D eigenvalue weighted by molar-refractivity contribution is 5.67. The minimum absolute atomic E-state index is 0.0284. The van der Waals surface area contributed by atoms with Crippen LogP contribution in [0, 0.1) is 0 Å². The zero-order chi connectivity index (χ0) is 13.1. The lowest BCUT2D eigenvalue weighted by molar-refractivity contribution is -0.136. The molecular weight excluding hydrogens is 239 g/mol. The van der Waals surface area contributed by atoms with Gasteiger partial charge in [-0.2, -0.15) is 0 Å². The third-order valence-electron chi connectivity index (χ3n) is 2.84. The van der Waals surface area contributed by atoms with Crippen LogP contribution < -0.4 is 9.47 Å². The molecule has 0 spiro atoms. The maximum Gasteiger partial charge on any atom is 0.303 e. The number of hydrogen-bond acceptors (Lipinski definition) is 3. The van der Waals surface area contributed by atoms with Crippen molar-refractivity contribution in [2.45, 2.75) is 25.9 Å². The Labute approximate surface area is 104 Å². The van der Waals surface area contributed by atoms with E-state index in [0.29, 0.717) is 35.8 Å². The lowest BCUT2D eigenvalue weighted by atomic mass is 9.99. The number of aliphatic carboxylic acids is 1. The number of carbonyl (C=O) groups is 1. The second kappa shape index (κ2) is 5.25. The van der Waals surface area contributed by atoms with Crippen LogP contribution >= 0.6 is 0 Å². The molecule has 1 aliphatic rings. The first-order chi connectivity index (χ1) is 8.58. The van der Waals surface area contributed by atoms with E-state index in [4.69, 9.17) is 14.6 Å². The lowest BCUT2D eigenvalue weighted by Gasteiger charge is -2.21. The van der Waals surface area contributed by atoms with E-state index in [0.717, 1.165) is 0 Å². The van der Waals surface area contributed by atoms with Crippen LogP contribution in [0.25, 0.3) is 0 Å². The molecule has 98 valence electrons. The summed E-state index contributed by atoms with van der Waals surface area (Å²) in [7, 11) is 0. The van der Waals surface area contributed by atoms with E-state index < -0.39 is 12.1 Å². The molecule has 0 bridgehead atoms. The van der Waals surface area contributed by atoms with Gasteiger partial charge in [0.1, 0.15) is 19.4 Å². The highest BCUT2D eigenvalue weighted by atomic mass is 19.1. The van der Waals surface area contributed by atoms with Crippen molar-refractivity contribution in [3.8, 4) is 11.5 Å². The van der Waals surface area contributed by atoms with Gasteiger partial charge in [0.15, 0.2) is 11.5 Å². The zero-order valence-electron chi connectivity index (χ0n) is 10.1. The van der Waals surface area contributed by atoms with Crippen molar-refractivity contribution in [1.29, 1.82) is 0 Å². The summed E-state index contributed by atoms with van der Waals surface area (Å²) in [6, 6.07) is 3.29. The molecule has 1 heterocycles. The minimum atomic E-state index is -1.16. The normalized spacial score (nSPS) is 15.2. The van der Waals surface area contributed by atoms with Gasteiger partial charge in [-0.3, -0.25) is 4.79 Å². The highest BCUT2D eigenvalue weighted by Crippen LogP contribution is 2.36. The molecule has 1 aliphatic heterocycles. The molecule has 0 amide bonds. The summed E-state index contributed by atoms with van der Waals surface area (Å²) in [5, 5.41) is 8.69. The molecule has 0 aliphatic carbocycles. The number of carboxylic acid groups (broad SMARTS) is 1. The van der Waals surface area contributed by atoms with Gasteiger partial charge >= 0.3 is 5.97 Å². The van der Waals surface area contributed by atoms with E-state index in [9.17, 15) is 9.18 Å². The number of alkyl halides is 1. The predicted molar refractivity (Wildman–Crippen MR) is 62.9 cm³/mol. The topological polar surface area (TPSA) is 55.8 Å². The molecular formula is C13H15FO4. The summed E-state index contributed by atoms with van der Waals surface area (Å²) in [5.74, 6) is 0.188. The fourth-order valence-electron chi connectivity index (χ4n) is 1.98. The summed E-state index contributed by atoms with van der Waals surface area (Å²) in [6.07, 6.45) is -0.904. The van der Waals surface area contributed by atoms with E-state index in [1.54, 1.807) is 12.1 Å². The molecule has 5 heteroatoms. The van der Waals surface area contributed by atoms with E-state index >= 15 is 0 Å². The number of rotatable bonds is 4. The third-order valence-corrected chi connectivity index (χ3v) is 2.84. The van der Waals surface area contributed by atoms with Crippen molar-refractivity contribution in [2.75, 3.05) is 13.2 Å². The van der Waals surface area contributed by atoms with Crippen LogP contribution in [-0.4, -0.2) is 24.3 Å². The van der Waals surface area contributed by atoms with Crippen LogP contribution in [0.1, 0.15) is 30.6 Å². The van der Waals surface area contributed by atoms with Crippen molar-refractivity contribution in [3.05, 3.63) is 23.3 Å². The monoisotopic (exact) mass is 254 g/mol.